The van der Waals surface area contributed by atoms with Gasteiger partial charge in [0.05, 0.1) is 26.5 Å². The number of ether oxygens (including phenoxy) is 2. The number of carboxylic acids is 4. The molecule has 0 atom stereocenters. The third-order valence-electron chi connectivity index (χ3n) is 8.97. The Hall–Kier alpha value is -4.95. The summed E-state index contributed by atoms with van der Waals surface area (Å²) >= 11 is 0. The van der Waals surface area contributed by atoms with Gasteiger partial charge >= 0.3 is 23.9 Å². The lowest BCUT2D eigenvalue weighted by Gasteiger charge is -2.18. The zero-order chi connectivity index (χ0) is 44.1. The minimum absolute atomic E-state index is 0.0436. The van der Waals surface area contributed by atoms with Crippen molar-refractivity contribution >= 4 is 23.9 Å². The fourth-order valence-corrected chi connectivity index (χ4v) is 5.87. The number of methoxy groups -OCH3 is 1. The maximum atomic E-state index is 13.0. The van der Waals surface area contributed by atoms with E-state index in [1.165, 1.54) is 89.9 Å². The Morgan fingerprint density at radius 1 is 0.678 bits per heavy atom. The highest BCUT2D eigenvalue weighted by Gasteiger charge is 2.11. The number of aromatic nitrogens is 1. The van der Waals surface area contributed by atoms with Gasteiger partial charge in [0.15, 0.2) is 5.75 Å². The van der Waals surface area contributed by atoms with Crippen LogP contribution in [0.2, 0.25) is 0 Å². The fourth-order valence-electron chi connectivity index (χ4n) is 5.87. The number of unbranched alkanes of at least 4 members (excludes halogenated alkanes) is 15. The van der Waals surface area contributed by atoms with Crippen molar-refractivity contribution < 1.29 is 49.1 Å². The van der Waals surface area contributed by atoms with Crippen molar-refractivity contribution in [3.63, 3.8) is 0 Å². The Morgan fingerprint density at radius 2 is 1.14 bits per heavy atom. The van der Waals surface area contributed by atoms with E-state index in [-0.39, 0.29) is 5.43 Å². The molecular formula is C45H71N3O11. The van der Waals surface area contributed by atoms with Crippen molar-refractivity contribution in [2.75, 3.05) is 40.9 Å². The highest BCUT2D eigenvalue weighted by Crippen LogP contribution is 2.20. The molecule has 2 rings (SSSR count). The van der Waals surface area contributed by atoms with Gasteiger partial charge in [0.1, 0.15) is 5.75 Å². The molecule has 332 valence electrons. The molecule has 0 radical (unpaired) electrons. The van der Waals surface area contributed by atoms with Gasteiger partial charge in [-0.3, -0.25) is 4.79 Å². The predicted molar refractivity (Wildman–Crippen MR) is 232 cm³/mol. The molecule has 0 unspecified atom stereocenters. The third-order valence-corrected chi connectivity index (χ3v) is 8.97. The van der Waals surface area contributed by atoms with Gasteiger partial charge in [-0.2, -0.15) is 0 Å². The van der Waals surface area contributed by atoms with Crippen LogP contribution >= 0.6 is 0 Å². The Morgan fingerprint density at radius 3 is 1.58 bits per heavy atom. The van der Waals surface area contributed by atoms with E-state index in [9.17, 15) is 24.0 Å². The number of hydrogen-bond acceptors (Lipinski definition) is 9. The van der Waals surface area contributed by atoms with Crippen LogP contribution in [0, 0.1) is 0 Å². The zero-order valence-electron chi connectivity index (χ0n) is 35.9. The first-order valence-electron chi connectivity index (χ1n) is 20.9. The van der Waals surface area contributed by atoms with Crippen LogP contribution in [0.5, 0.6) is 11.5 Å². The number of carboxylic acid groups (broad SMARTS) is 4. The maximum absolute atomic E-state index is 13.0. The van der Waals surface area contributed by atoms with E-state index in [1.54, 1.807) is 13.2 Å². The predicted octanol–water partition coefficient (Wildman–Crippen LogP) is 8.01. The summed E-state index contributed by atoms with van der Waals surface area (Å²) in [5.74, 6) is -3.74. The van der Waals surface area contributed by atoms with Crippen molar-refractivity contribution in [2.24, 2.45) is 0 Å². The second kappa shape index (κ2) is 36.2. The molecule has 0 spiro atoms. The largest absolute Gasteiger partial charge is 0.496 e. The molecule has 5 N–H and O–H groups in total. The molecule has 59 heavy (non-hydrogen) atoms. The van der Waals surface area contributed by atoms with E-state index >= 15 is 0 Å². The van der Waals surface area contributed by atoms with Gasteiger partial charge < -0.3 is 44.7 Å². The summed E-state index contributed by atoms with van der Waals surface area (Å²) in [5, 5.41) is 34.8. The van der Waals surface area contributed by atoms with E-state index in [0.29, 0.717) is 49.7 Å². The average Bonchev–Trinajstić information content (AvgIpc) is 3.19. The fraction of sp³-hybridized carbons (Fsp3) is 0.578. The van der Waals surface area contributed by atoms with E-state index in [4.69, 9.17) is 29.9 Å². The van der Waals surface area contributed by atoms with Crippen LogP contribution in [0.4, 0.5) is 0 Å². The molecule has 0 saturated carbocycles. The first-order chi connectivity index (χ1) is 28.3. The molecule has 1 heterocycles. The highest BCUT2D eigenvalue weighted by molar-refractivity contribution is 5.90. The van der Waals surface area contributed by atoms with Gasteiger partial charge in [-0.05, 0) is 46.1 Å². The van der Waals surface area contributed by atoms with Crippen LogP contribution in [0.3, 0.4) is 0 Å². The van der Waals surface area contributed by atoms with Gasteiger partial charge in [0.25, 0.3) is 0 Å². The molecule has 0 aliphatic rings. The molecule has 0 aliphatic carbocycles. The average molecular weight is 830 g/mol. The molecule has 14 heteroatoms. The van der Waals surface area contributed by atoms with Crippen LogP contribution in [0.1, 0.15) is 127 Å². The van der Waals surface area contributed by atoms with E-state index < -0.39 is 23.9 Å². The van der Waals surface area contributed by atoms with Crippen LogP contribution in [0.15, 0.2) is 65.6 Å². The highest BCUT2D eigenvalue weighted by atomic mass is 16.5. The standard InChI is InChI=1S/C37H63N3O3.2C4H4O4/c1-5-6-7-8-9-10-11-12-13-14-15-16-17-18-19-22-28-43-37-32-40(31-33-24-20-21-25-36(33)42-4)34(29-35(37)41)30-38-26-23-27-39(2)3;2*5-3(6)1-2-4(7)8/h20-21,24-25,29,32,38H,5-19,22-23,26-28,30-31H2,1-4H3;2*1-2H,(H,5,6)(H,7,8). The third kappa shape index (κ3) is 32.7. The maximum Gasteiger partial charge on any atom is 0.328 e. The van der Waals surface area contributed by atoms with Gasteiger partial charge in [-0.25, -0.2) is 19.2 Å². The molecule has 0 bridgehead atoms. The lowest BCUT2D eigenvalue weighted by molar-refractivity contribution is -0.134. The Labute approximate surface area is 350 Å². The molecule has 2 aromatic rings. The van der Waals surface area contributed by atoms with Crippen LogP contribution in [0.25, 0.3) is 0 Å². The smallest absolute Gasteiger partial charge is 0.328 e. The zero-order valence-corrected chi connectivity index (χ0v) is 35.9. The summed E-state index contributed by atoms with van der Waals surface area (Å²) < 4.78 is 13.7. The van der Waals surface area contributed by atoms with Gasteiger partial charge in [-0.1, -0.05) is 121 Å². The number of nitrogens with one attached hydrogen (secondary N) is 1. The summed E-state index contributed by atoms with van der Waals surface area (Å²) in [7, 11) is 5.87. The molecule has 0 saturated heterocycles. The first-order valence-corrected chi connectivity index (χ1v) is 20.9. The van der Waals surface area contributed by atoms with Gasteiger partial charge in [0.2, 0.25) is 5.43 Å². The van der Waals surface area contributed by atoms with Crippen molar-refractivity contribution in [1.82, 2.24) is 14.8 Å². The normalized spacial score (nSPS) is 10.9. The number of aliphatic carboxylic acids is 4. The van der Waals surface area contributed by atoms with Crippen molar-refractivity contribution in [2.45, 2.75) is 129 Å². The minimum Gasteiger partial charge on any atom is -0.496 e. The van der Waals surface area contributed by atoms with Crippen molar-refractivity contribution in [3.05, 3.63) is 82.3 Å². The van der Waals surface area contributed by atoms with Crippen LogP contribution in [-0.4, -0.2) is 94.7 Å². The van der Waals surface area contributed by atoms with E-state index in [1.807, 2.05) is 24.4 Å². The first kappa shape index (κ1) is 54.0. The number of nitrogens with zero attached hydrogens (tertiary/aromatic N) is 2. The summed E-state index contributed by atoms with van der Waals surface area (Å²) in [5.41, 5.74) is 1.99. The Kier molecular flexibility index (Phi) is 33.1. The number of carbonyl (C=O) groups is 4. The van der Waals surface area contributed by atoms with Gasteiger partial charge in [0, 0.05) is 48.2 Å². The van der Waals surface area contributed by atoms with E-state index in [0.717, 1.165) is 49.4 Å². The van der Waals surface area contributed by atoms with Crippen molar-refractivity contribution in [3.8, 4) is 11.5 Å². The Balaban J connectivity index is 0.00000175. The molecule has 1 aromatic heterocycles. The van der Waals surface area contributed by atoms with E-state index in [2.05, 4.69) is 41.9 Å². The second-order valence-electron chi connectivity index (χ2n) is 14.4. The summed E-state index contributed by atoms with van der Waals surface area (Å²) in [6.07, 6.45) is 26.7. The minimum atomic E-state index is -1.26. The van der Waals surface area contributed by atoms with Gasteiger partial charge in [-0.15, -0.1) is 0 Å². The molecule has 14 nitrogen and oxygen atoms in total. The van der Waals surface area contributed by atoms with Crippen LogP contribution in [-0.2, 0) is 32.3 Å². The molecular weight excluding hydrogens is 759 g/mol. The summed E-state index contributed by atoms with van der Waals surface area (Å²) in [6, 6.07) is 9.78. The SMILES string of the molecule is CCCCCCCCCCCCCCCCCCOc1cn(Cc2ccccc2OC)c(CNCCCN(C)C)cc1=O.O=C(O)C=CC(=O)O.O=C(O)C=CC(=O)O. The number of rotatable bonds is 31. The topological polar surface area (TPSA) is 205 Å². The molecule has 0 amide bonds. The lowest BCUT2D eigenvalue weighted by Crippen LogP contribution is -2.24. The van der Waals surface area contributed by atoms with Crippen LogP contribution < -0.4 is 20.2 Å². The Bertz CT molecular complexity index is 1500. The number of para-hydroxylation sites is 1. The summed E-state index contributed by atoms with van der Waals surface area (Å²) in [6.45, 7) is 6.06. The monoisotopic (exact) mass is 830 g/mol. The number of hydrogen-bond donors (Lipinski definition) is 5. The van der Waals surface area contributed by atoms with Crippen molar-refractivity contribution in [1.29, 1.82) is 0 Å². The summed E-state index contributed by atoms with van der Waals surface area (Å²) in [4.78, 5) is 53.4. The molecule has 0 aliphatic heterocycles. The molecule has 0 fully saturated rings. The number of benzene rings is 1. The quantitative estimate of drug-likeness (QED) is 0.0361. The lowest BCUT2D eigenvalue weighted by atomic mass is 10.0. The second-order valence-corrected chi connectivity index (χ2v) is 14.4. The number of pyridine rings is 1. The molecule has 1 aromatic carbocycles.